The van der Waals surface area contributed by atoms with Gasteiger partial charge in [-0.3, -0.25) is 9.59 Å². The van der Waals surface area contributed by atoms with Gasteiger partial charge in [-0.05, 0) is 19.4 Å². The van der Waals surface area contributed by atoms with Crippen LogP contribution in [0.1, 0.15) is 32.1 Å². The second kappa shape index (κ2) is 3.77. The van der Waals surface area contributed by atoms with Gasteiger partial charge in [0.25, 0.3) is 0 Å². The summed E-state index contributed by atoms with van der Waals surface area (Å²) in [6, 6.07) is 0. The van der Waals surface area contributed by atoms with E-state index in [4.69, 9.17) is 0 Å². The van der Waals surface area contributed by atoms with Crippen LogP contribution in [-0.4, -0.2) is 27.5 Å². The molecule has 16 heavy (non-hydrogen) atoms. The van der Waals surface area contributed by atoms with Crippen LogP contribution in [0.3, 0.4) is 0 Å². The van der Waals surface area contributed by atoms with Crippen LogP contribution in [0, 0.1) is 13.8 Å². The molecule has 0 aliphatic rings. The number of hydrogen-bond donors (Lipinski definition) is 2. The van der Waals surface area contributed by atoms with E-state index in [1.165, 1.54) is 0 Å². The molecule has 0 aliphatic carbocycles. The number of carbonyl (C=O) groups is 2. The van der Waals surface area contributed by atoms with Gasteiger partial charge in [0.15, 0.2) is 18.4 Å². The van der Waals surface area contributed by atoms with Gasteiger partial charge < -0.3 is 9.97 Å². The monoisotopic (exact) mass is 217 g/mol. The lowest BCUT2D eigenvalue weighted by Gasteiger charge is -1.93. The lowest BCUT2D eigenvalue weighted by atomic mass is 10.1. The number of nitrogens with one attached hydrogen (secondary N) is 2. The molecular formula is C11H11N3O2. The van der Waals surface area contributed by atoms with Crippen molar-refractivity contribution in [2.75, 3.05) is 0 Å². The number of rotatable bonds is 3. The van der Waals surface area contributed by atoms with Crippen molar-refractivity contribution in [1.82, 2.24) is 15.0 Å². The van der Waals surface area contributed by atoms with Crippen molar-refractivity contribution in [3.8, 4) is 11.5 Å². The predicted octanol–water partition coefficient (Wildman–Crippen LogP) is 1.65. The molecule has 2 N–H and O–H groups in total. The Morgan fingerprint density at radius 2 is 1.94 bits per heavy atom. The SMILES string of the molecule is Cc1cnc(-c2[nH]c(C=O)c(C)c2C=O)[nH]1. The molecule has 0 radical (unpaired) electrons. The number of hydrogen-bond acceptors (Lipinski definition) is 3. The Morgan fingerprint density at radius 1 is 1.19 bits per heavy atom. The van der Waals surface area contributed by atoms with Crippen molar-refractivity contribution < 1.29 is 9.59 Å². The molecular weight excluding hydrogens is 206 g/mol. The topological polar surface area (TPSA) is 78.6 Å². The van der Waals surface area contributed by atoms with Gasteiger partial charge in [0.1, 0.15) is 0 Å². The summed E-state index contributed by atoms with van der Waals surface area (Å²) in [5, 5.41) is 0. The first-order valence-electron chi connectivity index (χ1n) is 4.82. The number of aromatic nitrogens is 3. The lowest BCUT2D eigenvalue weighted by molar-refractivity contribution is 0.111. The van der Waals surface area contributed by atoms with Crippen molar-refractivity contribution in [1.29, 1.82) is 0 Å². The molecule has 0 spiro atoms. The van der Waals surface area contributed by atoms with Crippen LogP contribution in [0.2, 0.25) is 0 Å². The normalized spacial score (nSPS) is 10.4. The lowest BCUT2D eigenvalue weighted by Crippen LogP contribution is -1.87. The standard InChI is InChI=1S/C11H11N3O2/c1-6-3-12-11(13-6)10-8(4-15)7(2)9(5-16)14-10/h3-5,14H,1-2H3,(H,12,13). The molecule has 5 heteroatoms. The highest BCUT2D eigenvalue weighted by Crippen LogP contribution is 2.23. The quantitative estimate of drug-likeness (QED) is 0.767. The van der Waals surface area contributed by atoms with Gasteiger partial charge in [-0.2, -0.15) is 0 Å². The van der Waals surface area contributed by atoms with Crippen molar-refractivity contribution in [3.05, 3.63) is 28.7 Å². The Labute approximate surface area is 91.9 Å². The third-order valence-corrected chi connectivity index (χ3v) is 2.51. The van der Waals surface area contributed by atoms with Crippen LogP contribution < -0.4 is 0 Å². The van der Waals surface area contributed by atoms with Gasteiger partial charge in [-0.15, -0.1) is 0 Å². The zero-order valence-electron chi connectivity index (χ0n) is 9.00. The van der Waals surface area contributed by atoms with Crippen LogP contribution in [-0.2, 0) is 0 Å². The smallest absolute Gasteiger partial charge is 0.166 e. The van der Waals surface area contributed by atoms with E-state index in [0.29, 0.717) is 34.6 Å². The molecule has 2 aromatic heterocycles. The van der Waals surface area contributed by atoms with E-state index in [2.05, 4.69) is 15.0 Å². The van der Waals surface area contributed by atoms with E-state index in [0.717, 1.165) is 12.0 Å². The fourth-order valence-corrected chi connectivity index (χ4v) is 1.62. The van der Waals surface area contributed by atoms with Crippen molar-refractivity contribution in [2.45, 2.75) is 13.8 Å². The van der Waals surface area contributed by atoms with Crippen LogP contribution in [0.15, 0.2) is 6.20 Å². The second-order valence-corrected chi connectivity index (χ2v) is 3.60. The van der Waals surface area contributed by atoms with Gasteiger partial charge >= 0.3 is 0 Å². The van der Waals surface area contributed by atoms with E-state index >= 15 is 0 Å². The summed E-state index contributed by atoms with van der Waals surface area (Å²) in [5.41, 5.74) is 2.98. The fraction of sp³-hybridized carbons (Fsp3) is 0.182. The van der Waals surface area contributed by atoms with E-state index < -0.39 is 0 Å². The van der Waals surface area contributed by atoms with Crippen LogP contribution in [0.5, 0.6) is 0 Å². The molecule has 82 valence electrons. The average Bonchev–Trinajstić information content (AvgIpc) is 2.82. The molecule has 0 unspecified atom stereocenters. The summed E-state index contributed by atoms with van der Waals surface area (Å²) < 4.78 is 0. The molecule has 0 atom stereocenters. The summed E-state index contributed by atoms with van der Waals surface area (Å²) >= 11 is 0. The molecule has 0 saturated carbocycles. The van der Waals surface area contributed by atoms with Gasteiger partial charge in [0.05, 0.1) is 11.4 Å². The molecule has 2 heterocycles. The van der Waals surface area contributed by atoms with E-state index in [-0.39, 0.29) is 0 Å². The molecule has 0 aromatic carbocycles. The van der Waals surface area contributed by atoms with Crippen molar-refractivity contribution in [2.24, 2.45) is 0 Å². The maximum atomic E-state index is 11.0. The molecule has 2 aromatic rings. The third kappa shape index (κ3) is 1.46. The zero-order valence-corrected chi connectivity index (χ0v) is 9.00. The highest BCUT2D eigenvalue weighted by Gasteiger charge is 2.16. The van der Waals surface area contributed by atoms with E-state index in [1.54, 1.807) is 13.1 Å². The van der Waals surface area contributed by atoms with Crippen LogP contribution >= 0.6 is 0 Å². The number of nitrogens with zero attached hydrogens (tertiary/aromatic N) is 1. The third-order valence-electron chi connectivity index (χ3n) is 2.51. The Hall–Kier alpha value is -2.17. The summed E-state index contributed by atoms with van der Waals surface area (Å²) in [6.07, 6.45) is 3.09. The minimum absolute atomic E-state index is 0.408. The molecule has 0 saturated heterocycles. The number of aromatic amines is 2. The molecule has 2 rings (SSSR count). The first-order valence-corrected chi connectivity index (χ1v) is 4.82. The van der Waals surface area contributed by atoms with Gasteiger partial charge in [-0.1, -0.05) is 0 Å². The Kier molecular flexibility index (Phi) is 2.44. The number of carbonyl (C=O) groups excluding carboxylic acids is 2. The van der Waals surface area contributed by atoms with Gasteiger partial charge in [0.2, 0.25) is 0 Å². The van der Waals surface area contributed by atoms with Crippen LogP contribution in [0.25, 0.3) is 11.5 Å². The molecule has 0 fully saturated rings. The Bertz CT molecular complexity index is 552. The van der Waals surface area contributed by atoms with Gasteiger partial charge in [0, 0.05) is 17.5 Å². The Morgan fingerprint density at radius 3 is 2.44 bits per heavy atom. The number of imidazole rings is 1. The predicted molar refractivity (Wildman–Crippen MR) is 58.6 cm³/mol. The first-order chi connectivity index (χ1) is 7.67. The van der Waals surface area contributed by atoms with Crippen molar-refractivity contribution in [3.63, 3.8) is 0 Å². The van der Waals surface area contributed by atoms with Crippen molar-refractivity contribution >= 4 is 12.6 Å². The molecule has 0 bridgehead atoms. The summed E-state index contributed by atoms with van der Waals surface area (Å²) in [7, 11) is 0. The molecule has 0 amide bonds. The maximum absolute atomic E-state index is 11.0. The highest BCUT2D eigenvalue weighted by molar-refractivity contribution is 5.91. The maximum Gasteiger partial charge on any atom is 0.166 e. The second-order valence-electron chi connectivity index (χ2n) is 3.60. The largest absolute Gasteiger partial charge is 0.349 e. The highest BCUT2D eigenvalue weighted by atomic mass is 16.1. The summed E-state index contributed by atoms with van der Waals surface area (Å²) in [5.74, 6) is 0.566. The Balaban J connectivity index is 2.64. The summed E-state index contributed by atoms with van der Waals surface area (Å²) in [6.45, 7) is 3.59. The minimum atomic E-state index is 0.408. The molecule has 0 aliphatic heterocycles. The number of aryl methyl sites for hydroxylation is 1. The van der Waals surface area contributed by atoms with Gasteiger partial charge in [-0.25, -0.2) is 4.98 Å². The number of aldehydes is 2. The van der Waals surface area contributed by atoms with E-state index in [9.17, 15) is 9.59 Å². The minimum Gasteiger partial charge on any atom is -0.349 e. The van der Waals surface area contributed by atoms with E-state index in [1.807, 2.05) is 6.92 Å². The average molecular weight is 217 g/mol. The summed E-state index contributed by atoms with van der Waals surface area (Å²) in [4.78, 5) is 31.8. The molecule has 5 nitrogen and oxygen atoms in total. The zero-order chi connectivity index (χ0) is 11.7. The first kappa shape index (κ1) is 10.4. The fourth-order valence-electron chi connectivity index (χ4n) is 1.62. The number of H-pyrrole nitrogens is 2. The van der Waals surface area contributed by atoms with Crippen LogP contribution in [0.4, 0.5) is 0 Å².